The van der Waals surface area contributed by atoms with Gasteiger partial charge < -0.3 is 5.73 Å². The molecule has 0 amide bonds. The van der Waals surface area contributed by atoms with Gasteiger partial charge in [-0.25, -0.2) is 0 Å². The minimum Gasteiger partial charge on any atom is -0.329 e. The van der Waals surface area contributed by atoms with Crippen LogP contribution in [0.3, 0.4) is 0 Å². The highest BCUT2D eigenvalue weighted by Gasteiger charge is 2.25. The third-order valence-electron chi connectivity index (χ3n) is 2.02. The van der Waals surface area contributed by atoms with Crippen LogP contribution >= 0.6 is 12.4 Å². The molecule has 2 N–H and O–H groups in total. The van der Waals surface area contributed by atoms with Gasteiger partial charge in [-0.2, -0.15) is 5.10 Å². The number of hydrogen-bond donors (Lipinski definition) is 1. The fraction of sp³-hybridized carbons (Fsp3) is 0.625. The molecule has 1 aliphatic carbocycles. The second kappa shape index (κ2) is 3.92. The number of hydrogen-bond acceptors (Lipinski definition) is 2. The standard InChI is InChI=1S/C8H13N3.ClH/c9-4-6-11-5-3-8(10-11)7-1-2-7;/h3,5,7H,1-2,4,6,9H2;1H. The van der Waals surface area contributed by atoms with E-state index in [4.69, 9.17) is 5.73 Å². The van der Waals surface area contributed by atoms with Crippen molar-refractivity contribution in [2.75, 3.05) is 6.54 Å². The average molecular weight is 188 g/mol. The molecule has 1 aromatic heterocycles. The van der Waals surface area contributed by atoms with Gasteiger partial charge in [0.1, 0.15) is 0 Å². The molecule has 3 nitrogen and oxygen atoms in total. The summed E-state index contributed by atoms with van der Waals surface area (Å²) in [6, 6.07) is 2.10. The lowest BCUT2D eigenvalue weighted by Gasteiger charge is -1.95. The molecule has 2 rings (SSSR count). The molecule has 0 aliphatic heterocycles. The third kappa shape index (κ3) is 1.99. The fourth-order valence-corrected chi connectivity index (χ4v) is 1.23. The van der Waals surface area contributed by atoms with Crippen molar-refractivity contribution < 1.29 is 0 Å². The smallest absolute Gasteiger partial charge is 0.0655 e. The first-order chi connectivity index (χ1) is 5.40. The van der Waals surface area contributed by atoms with Crippen molar-refractivity contribution in [3.05, 3.63) is 18.0 Å². The van der Waals surface area contributed by atoms with Crippen LogP contribution in [0.25, 0.3) is 0 Å². The zero-order chi connectivity index (χ0) is 7.68. The summed E-state index contributed by atoms with van der Waals surface area (Å²) in [5.74, 6) is 0.758. The van der Waals surface area contributed by atoms with Crippen LogP contribution in [-0.4, -0.2) is 16.3 Å². The van der Waals surface area contributed by atoms with Crippen LogP contribution in [0.2, 0.25) is 0 Å². The van der Waals surface area contributed by atoms with Crippen molar-refractivity contribution in [2.45, 2.75) is 25.3 Å². The topological polar surface area (TPSA) is 43.8 Å². The Bertz CT molecular complexity index is 242. The lowest BCUT2D eigenvalue weighted by molar-refractivity contribution is 0.615. The molecule has 0 atom stereocenters. The van der Waals surface area contributed by atoms with Crippen LogP contribution in [0.1, 0.15) is 24.5 Å². The Morgan fingerprint density at radius 2 is 2.33 bits per heavy atom. The van der Waals surface area contributed by atoms with E-state index in [-0.39, 0.29) is 12.4 Å². The summed E-state index contributed by atoms with van der Waals surface area (Å²) in [6.07, 6.45) is 4.65. The summed E-state index contributed by atoms with van der Waals surface area (Å²) in [5, 5.41) is 4.40. The van der Waals surface area contributed by atoms with Crippen LogP contribution in [0.15, 0.2) is 12.3 Å². The molecule has 1 aromatic rings. The molecule has 1 aliphatic rings. The van der Waals surface area contributed by atoms with Crippen LogP contribution in [0.4, 0.5) is 0 Å². The molecule has 68 valence electrons. The minimum atomic E-state index is 0. The minimum absolute atomic E-state index is 0. The molecular weight excluding hydrogens is 174 g/mol. The summed E-state index contributed by atoms with van der Waals surface area (Å²) in [5.41, 5.74) is 6.65. The summed E-state index contributed by atoms with van der Waals surface area (Å²) in [7, 11) is 0. The lowest BCUT2D eigenvalue weighted by atomic mass is 10.3. The van der Waals surface area contributed by atoms with E-state index in [1.807, 2.05) is 10.9 Å². The maximum Gasteiger partial charge on any atom is 0.0655 e. The number of aromatic nitrogens is 2. The highest BCUT2D eigenvalue weighted by molar-refractivity contribution is 5.85. The number of nitrogens with zero attached hydrogens (tertiary/aromatic N) is 2. The van der Waals surface area contributed by atoms with E-state index in [0.717, 1.165) is 12.5 Å². The Kier molecular flexibility index (Phi) is 3.12. The Labute approximate surface area is 78.4 Å². The number of nitrogens with two attached hydrogens (primary N) is 1. The van der Waals surface area contributed by atoms with Crippen molar-refractivity contribution >= 4 is 12.4 Å². The van der Waals surface area contributed by atoms with Gasteiger partial charge in [0.2, 0.25) is 0 Å². The zero-order valence-electron chi connectivity index (χ0n) is 6.94. The Morgan fingerprint density at radius 3 is 2.92 bits per heavy atom. The molecule has 1 saturated carbocycles. The Balaban J connectivity index is 0.000000720. The van der Waals surface area contributed by atoms with Crippen molar-refractivity contribution in [3.63, 3.8) is 0 Å². The molecule has 0 bridgehead atoms. The molecular formula is C8H14ClN3. The molecule has 1 heterocycles. The molecule has 0 aromatic carbocycles. The molecule has 12 heavy (non-hydrogen) atoms. The second-order valence-corrected chi connectivity index (χ2v) is 3.07. The quantitative estimate of drug-likeness (QED) is 0.772. The Morgan fingerprint density at radius 1 is 1.58 bits per heavy atom. The van der Waals surface area contributed by atoms with Gasteiger partial charge in [0, 0.05) is 18.7 Å². The number of halogens is 1. The van der Waals surface area contributed by atoms with Gasteiger partial charge in [-0.3, -0.25) is 4.68 Å². The van der Waals surface area contributed by atoms with E-state index in [0.29, 0.717) is 6.54 Å². The first kappa shape index (κ1) is 9.55. The third-order valence-corrected chi connectivity index (χ3v) is 2.02. The van der Waals surface area contributed by atoms with Gasteiger partial charge in [0.15, 0.2) is 0 Å². The van der Waals surface area contributed by atoms with Crippen molar-refractivity contribution in [3.8, 4) is 0 Å². The van der Waals surface area contributed by atoms with Crippen molar-refractivity contribution in [1.82, 2.24) is 9.78 Å². The summed E-state index contributed by atoms with van der Waals surface area (Å²) in [6.45, 7) is 1.51. The maximum atomic E-state index is 5.40. The maximum absolute atomic E-state index is 5.40. The predicted octanol–water partition coefficient (Wildman–Crippen LogP) is 1.14. The highest BCUT2D eigenvalue weighted by Crippen LogP contribution is 2.38. The predicted molar refractivity (Wildman–Crippen MR) is 50.5 cm³/mol. The first-order valence-corrected chi connectivity index (χ1v) is 4.13. The van der Waals surface area contributed by atoms with Crippen molar-refractivity contribution in [2.24, 2.45) is 5.73 Å². The second-order valence-electron chi connectivity index (χ2n) is 3.07. The highest BCUT2D eigenvalue weighted by atomic mass is 35.5. The van der Waals surface area contributed by atoms with Crippen molar-refractivity contribution in [1.29, 1.82) is 0 Å². The van der Waals surface area contributed by atoms with Gasteiger partial charge in [-0.05, 0) is 18.9 Å². The van der Waals surface area contributed by atoms with Crippen LogP contribution in [0.5, 0.6) is 0 Å². The normalized spacial score (nSPS) is 15.8. The lowest BCUT2D eigenvalue weighted by Crippen LogP contribution is -2.10. The summed E-state index contributed by atoms with van der Waals surface area (Å²) in [4.78, 5) is 0. The SMILES string of the molecule is Cl.NCCn1ccc(C2CC2)n1. The molecule has 0 saturated heterocycles. The van der Waals surface area contributed by atoms with Gasteiger partial charge in [-0.1, -0.05) is 0 Å². The Hall–Kier alpha value is -0.540. The van der Waals surface area contributed by atoms with E-state index in [2.05, 4.69) is 11.2 Å². The zero-order valence-corrected chi connectivity index (χ0v) is 7.76. The molecule has 0 spiro atoms. The van der Waals surface area contributed by atoms with Gasteiger partial charge >= 0.3 is 0 Å². The van der Waals surface area contributed by atoms with E-state index in [9.17, 15) is 0 Å². The van der Waals surface area contributed by atoms with Crippen LogP contribution < -0.4 is 5.73 Å². The van der Waals surface area contributed by atoms with E-state index >= 15 is 0 Å². The van der Waals surface area contributed by atoms with Gasteiger partial charge in [-0.15, -0.1) is 12.4 Å². The monoisotopic (exact) mass is 187 g/mol. The molecule has 0 radical (unpaired) electrons. The van der Waals surface area contributed by atoms with Gasteiger partial charge in [0.05, 0.1) is 12.2 Å². The summed E-state index contributed by atoms with van der Waals surface area (Å²) >= 11 is 0. The molecule has 0 unspecified atom stereocenters. The van der Waals surface area contributed by atoms with E-state index in [1.165, 1.54) is 18.5 Å². The number of rotatable bonds is 3. The van der Waals surface area contributed by atoms with E-state index < -0.39 is 0 Å². The summed E-state index contributed by atoms with van der Waals surface area (Å²) < 4.78 is 1.92. The average Bonchev–Trinajstić information content (AvgIpc) is 2.75. The van der Waals surface area contributed by atoms with Crippen LogP contribution in [-0.2, 0) is 6.54 Å². The first-order valence-electron chi connectivity index (χ1n) is 4.13. The van der Waals surface area contributed by atoms with Gasteiger partial charge in [0.25, 0.3) is 0 Å². The fourth-order valence-electron chi connectivity index (χ4n) is 1.23. The molecule has 1 fully saturated rings. The van der Waals surface area contributed by atoms with E-state index in [1.54, 1.807) is 0 Å². The largest absolute Gasteiger partial charge is 0.329 e. The van der Waals surface area contributed by atoms with Crippen LogP contribution in [0, 0.1) is 0 Å². The molecule has 4 heteroatoms.